The lowest BCUT2D eigenvalue weighted by Gasteiger charge is -2.05. The minimum absolute atomic E-state index is 0.574. The number of nitrogens with one attached hydrogen (secondary N) is 1. The van der Waals surface area contributed by atoms with Crippen molar-refractivity contribution in [3.8, 4) is 0 Å². The predicted molar refractivity (Wildman–Crippen MR) is 61.1 cm³/mol. The molecule has 1 fully saturated rings. The van der Waals surface area contributed by atoms with Crippen LogP contribution in [0.25, 0.3) is 6.08 Å². The molecule has 0 unspecified atom stereocenters. The Morgan fingerprint density at radius 2 is 2.00 bits per heavy atom. The fraction of sp³-hybridized carbons (Fsp3) is 0.385. The standard InChI is InChI=1S/C13H17N/c1-11-7-9-13(14-11)10-8-12-5-3-2-4-6-12/h2-6,8,10-11,13-14H,7,9H2,1H3/b10-8+/t11-,13-/m0/s1. The average molecular weight is 187 g/mol. The van der Waals surface area contributed by atoms with Gasteiger partial charge in [0.05, 0.1) is 0 Å². The zero-order chi connectivity index (χ0) is 9.80. The maximum atomic E-state index is 3.54. The quantitative estimate of drug-likeness (QED) is 0.750. The molecule has 0 radical (unpaired) electrons. The van der Waals surface area contributed by atoms with E-state index in [4.69, 9.17) is 0 Å². The lowest BCUT2D eigenvalue weighted by molar-refractivity contribution is 0.628. The highest BCUT2D eigenvalue weighted by atomic mass is 15.0. The smallest absolute Gasteiger partial charge is 0.0256 e. The van der Waals surface area contributed by atoms with Gasteiger partial charge in [-0.2, -0.15) is 0 Å². The monoisotopic (exact) mass is 187 g/mol. The van der Waals surface area contributed by atoms with Crippen LogP contribution in [0, 0.1) is 0 Å². The van der Waals surface area contributed by atoms with E-state index in [2.05, 4.69) is 48.7 Å². The van der Waals surface area contributed by atoms with E-state index in [1.165, 1.54) is 18.4 Å². The van der Waals surface area contributed by atoms with Crippen molar-refractivity contribution in [2.45, 2.75) is 31.8 Å². The Hall–Kier alpha value is -1.08. The first-order chi connectivity index (χ1) is 6.84. The minimum atomic E-state index is 0.574. The van der Waals surface area contributed by atoms with Crippen LogP contribution in [0.3, 0.4) is 0 Å². The van der Waals surface area contributed by atoms with Gasteiger partial charge in [-0.15, -0.1) is 0 Å². The molecule has 1 aliphatic heterocycles. The van der Waals surface area contributed by atoms with Crippen molar-refractivity contribution in [2.24, 2.45) is 0 Å². The van der Waals surface area contributed by atoms with Gasteiger partial charge in [0.15, 0.2) is 0 Å². The summed E-state index contributed by atoms with van der Waals surface area (Å²) in [6.45, 7) is 2.25. The number of hydrogen-bond donors (Lipinski definition) is 1. The molecule has 1 saturated heterocycles. The molecular weight excluding hydrogens is 170 g/mol. The second-order valence-corrected chi connectivity index (χ2v) is 4.02. The molecular formula is C13H17N. The second kappa shape index (κ2) is 4.43. The maximum Gasteiger partial charge on any atom is 0.0256 e. The van der Waals surface area contributed by atoms with Gasteiger partial charge in [0.1, 0.15) is 0 Å². The van der Waals surface area contributed by atoms with Crippen LogP contribution in [0.4, 0.5) is 0 Å². The van der Waals surface area contributed by atoms with Crippen molar-refractivity contribution < 1.29 is 0 Å². The summed E-state index contributed by atoms with van der Waals surface area (Å²) in [4.78, 5) is 0. The normalized spacial score (nSPS) is 27.2. The fourth-order valence-corrected chi connectivity index (χ4v) is 1.90. The third kappa shape index (κ3) is 2.46. The van der Waals surface area contributed by atoms with E-state index >= 15 is 0 Å². The zero-order valence-electron chi connectivity index (χ0n) is 8.61. The lowest BCUT2D eigenvalue weighted by Crippen LogP contribution is -2.24. The van der Waals surface area contributed by atoms with E-state index in [1.54, 1.807) is 0 Å². The molecule has 1 N–H and O–H groups in total. The lowest BCUT2D eigenvalue weighted by atomic mass is 10.1. The molecule has 14 heavy (non-hydrogen) atoms. The van der Waals surface area contributed by atoms with Gasteiger partial charge in [0.25, 0.3) is 0 Å². The largest absolute Gasteiger partial charge is 0.308 e. The van der Waals surface area contributed by atoms with Crippen LogP contribution in [0.5, 0.6) is 0 Å². The Balaban J connectivity index is 1.94. The van der Waals surface area contributed by atoms with E-state index in [0.29, 0.717) is 12.1 Å². The molecule has 0 amide bonds. The summed E-state index contributed by atoms with van der Waals surface area (Å²) in [7, 11) is 0. The highest BCUT2D eigenvalue weighted by Gasteiger charge is 2.16. The molecule has 74 valence electrons. The van der Waals surface area contributed by atoms with Gasteiger partial charge in [-0.05, 0) is 25.3 Å². The molecule has 2 atom stereocenters. The van der Waals surface area contributed by atoms with E-state index in [9.17, 15) is 0 Å². The molecule has 0 bridgehead atoms. The Kier molecular flexibility index (Phi) is 3.00. The maximum absolute atomic E-state index is 3.54. The van der Waals surface area contributed by atoms with Crippen molar-refractivity contribution in [3.63, 3.8) is 0 Å². The van der Waals surface area contributed by atoms with Gasteiger partial charge < -0.3 is 5.32 Å². The number of benzene rings is 1. The Morgan fingerprint density at radius 1 is 1.21 bits per heavy atom. The third-order valence-corrected chi connectivity index (χ3v) is 2.73. The zero-order valence-corrected chi connectivity index (χ0v) is 8.61. The van der Waals surface area contributed by atoms with Crippen molar-refractivity contribution in [3.05, 3.63) is 42.0 Å². The van der Waals surface area contributed by atoms with Crippen LogP contribution < -0.4 is 5.32 Å². The molecule has 0 spiro atoms. The molecule has 1 heterocycles. The van der Waals surface area contributed by atoms with E-state index in [0.717, 1.165) is 0 Å². The SMILES string of the molecule is C[C@H]1CC[C@@H](/C=C/c2ccccc2)N1. The average Bonchev–Trinajstić information content (AvgIpc) is 2.63. The van der Waals surface area contributed by atoms with Gasteiger partial charge in [0, 0.05) is 12.1 Å². The van der Waals surface area contributed by atoms with Crippen molar-refractivity contribution in [1.82, 2.24) is 5.32 Å². The Labute approximate surface area is 85.8 Å². The van der Waals surface area contributed by atoms with Crippen LogP contribution in [-0.4, -0.2) is 12.1 Å². The fourth-order valence-electron chi connectivity index (χ4n) is 1.90. The first kappa shape index (κ1) is 9.47. The molecule has 1 aromatic carbocycles. The molecule has 0 saturated carbocycles. The van der Waals surface area contributed by atoms with Gasteiger partial charge in [-0.3, -0.25) is 0 Å². The van der Waals surface area contributed by atoms with Gasteiger partial charge in [-0.1, -0.05) is 42.5 Å². The molecule has 2 rings (SSSR count). The predicted octanol–water partition coefficient (Wildman–Crippen LogP) is 2.84. The topological polar surface area (TPSA) is 12.0 Å². The third-order valence-electron chi connectivity index (χ3n) is 2.73. The molecule has 1 heteroatoms. The molecule has 1 nitrogen and oxygen atoms in total. The van der Waals surface area contributed by atoms with E-state index < -0.39 is 0 Å². The molecule has 0 aromatic heterocycles. The summed E-state index contributed by atoms with van der Waals surface area (Å²) >= 11 is 0. The second-order valence-electron chi connectivity index (χ2n) is 4.02. The summed E-state index contributed by atoms with van der Waals surface area (Å²) in [6.07, 6.45) is 7.04. The first-order valence-electron chi connectivity index (χ1n) is 5.34. The van der Waals surface area contributed by atoms with E-state index in [-0.39, 0.29) is 0 Å². The summed E-state index contributed by atoms with van der Waals surface area (Å²) in [5, 5.41) is 3.54. The summed E-state index contributed by atoms with van der Waals surface area (Å²) in [5.41, 5.74) is 1.29. The van der Waals surface area contributed by atoms with Crippen molar-refractivity contribution in [1.29, 1.82) is 0 Å². The first-order valence-corrected chi connectivity index (χ1v) is 5.34. The Morgan fingerprint density at radius 3 is 2.64 bits per heavy atom. The molecule has 1 aliphatic rings. The summed E-state index contributed by atoms with van der Waals surface area (Å²) < 4.78 is 0. The van der Waals surface area contributed by atoms with Gasteiger partial charge in [-0.25, -0.2) is 0 Å². The highest BCUT2D eigenvalue weighted by Crippen LogP contribution is 2.13. The van der Waals surface area contributed by atoms with Crippen LogP contribution >= 0.6 is 0 Å². The highest BCUT2D eigenvalue weighted by molar-refractivity contribution is 5.49. The molecule has 0 aliphatic carbocycles. The van der Waals surface area contributed by atoms with Crippen LogP contribution in [0.15, 0.2) is 36.4 Å². The van der Waals surface area contributed by atoms with Gasteiger partial charge >= 0.3 is 0 Å². The summed E-state index contributed by atoms with van der Waals surface area (Å²) in [6, 6.07) is 11.7. The van der Waals surface area contributed by atoms with Gasteiger partial charge in [0.2, 0.25) is 0 Å². The van der Waals surface area contributed by atoms with Crippen LogP contribution in [-0.2, 0) is 0 Å². The Bertz CT molecular complexity index is 302. The molecule has 1 aromatic rings. The van der Waals surface area contributed by atoms with Crippen molar-refractivity contribution in [2.75, 3.05) is 0 Å². The minimum Gasteiger partial charge on any atom is -0.308 e. The van der Waals surface area contributed by atoms with Crippen molar-refractivity contribution >= 4 is 6.08 Å². The van der Waals surface area contributed by atoms with E-state index in [1.807, 2.05) is 6.07 Å². The number of rotatable bonds is 2. The van der Waals surface area contributed by atoms with Crippen LogP contribution in [0.1, 0.15) is 25.3 Å². The van der Waals surface area contributed by atoms with Crippen LogP contribution in [0.2, 0.25) is 0 Å². The number of hydrogen-bond acceptors (Lipinski definition) is 1. The summed E-state index contributed by atoms with van der Waals surface area (Å²) in [5.74, 6) is 0.